The SMILES string of the molecule is Cc1ccccc1C1CN(c2cnn(C)c(=O)c2Br)CCO1. The number of morpholine rings is 1. The molecule has 1 unspecified atom stereocenters. The molecule has 1 fully saturated rings. The molecule has 0 aliphatic carbocycles. The van der Waals surface area contributed by atoms with Gasteiger partial charge in [-0.15, -0.1) is 0 Å². The number of hydrogen-bond acceptors (Lipinski definition) is 4. The standard InChI is InChI=1S/C16H18BrN3O2/c1-11-5-3-4-6-12(11)14-10-20(7-8-22-14)13-9-18-19(2)16(21)15(13)17/h3-6,9,14H,7-8,10H2,1-2H3. The summed E-state index contributed by atoms with van der Waals surface area (Å²) in [6.07, 6.45) is 1.73. The van der Waals surface area contributed by atoms with E-state index in [-0.39, 0.29) is 11.7 Å². The van der Waals surface area contributed by atoms with E-state index in [0.717, 1.165) is 12.2 Å². The summed E-state index contributed by atoms with van der Waals surface area (Å²) < 4.78 is 7.81. The van der Waals surface area contributed by atoms with Crippen LogP contribution in [-0.2, 0) is 11.8 Å². The molecular formula is C16H18BrN3O2. The van der Waals surface area contributed by atoms with Gasteiger partial charge in [0, 0.05) is 20.1 Å². The molecule has 22 heavy (non-hydrogen) atoms. The fourth-order valence-electron chi connectivity index (χ4n) is 2.73. The molecule has 0 N–H and O–H groups in total. The first-order valence-electron chi connectivity index (χ1n) is 7.22. The van der Waals surface area contributed by atoms with Gasteiger partial charge in [0.2, 0.25) is 0 Å². The molecule has 6 heteroatoms. The van der Waals surface area contributed by atoms with Crippen molar-refractivity contribution in [1.29, 1.82) is 0 Å². The Morgan fingerprint density at radius 3 is 2.91 bits per heavy atom. The van der Waals surface area contributed by atoms with Gasteiger partial charge >= 0.3 is 0 Å². The quantitative estimate of drug-likeness (QED) is 0.821. The number of anilines is 1. The van der Waals surface area contributed by atoms with Crippen LogP contribution in [0.3, 0.4) is 0 Å². The molecule has 5 nitrogen and oxygen atoms in total. The Bertz CT molecular complexity index is 744. The van der Waals surface area contributed by atoms with Crippen molar-refractivity contribution >= 4 is 21.6 Å². The Morgan fingerprint density at radius 1 is 1.36 bits per heavy atom. The molecule has 0 spiro atoms. The van der Waals surface area contributed by atoms with Crippen molar-refractivity contribution in [2.45, 2.75) is 13.0 Å². The van der Waals surface area contributed by atoms with Gasteiger partial charge in [0.25, 0.3) is 5.56 Å². The molecule has 1 aromatic carbocycles. The summed E-state index contributed by atoms with van der Waals surface area (Å²) in [4.78, 5) is 14.2. The van der Waals surface area contributed by atoms with E-state index in [2.05, 4.69) is 45.0 Å². The molecule has 0 amide bonds. The van der Waals surface area contributed by atoms with Crippen LogP contribution in [0.1, 0.15) is 17.2 Å². The maximum absolute atomic E-state index is 12.0. The van der Waals surface area contributed by atoms with Gasteiger partial charge in [0.1, 0.15) is 10.6 Å². The molecule has 1 aliphatic rings. The van der Waals surface area contributed by atoms with Gasteiger partial charge in [-0.25, -0.2) is 4.68 Å². The second kappa shape index (κ2) is 6.22. The highest BCUT2D eigenvalue weighted by molar-refractivity contribution is 9.10. The minimum absolute atomic E-state index is 0.00547. The lowest BCUT2D eigenvalue weighted by Crippen LogP contribution is -2.40. The number of halogens is 1. The smallest absolute Gasteiger partial charge is 0.282 e. The van der Waals surface area contributed by atoms with Crippen molar-refractivity contribution in [2.24, 2.45) is 7.05 Å². The van der Waals surface area contributed by atoms with E-state index >= 15 is 0 Å². The summed E-state index contributed by atoms with van der Waals surface area (Å²) in [7, 11) is 1.65. The van der Waals surface area contributed by atoms with Gasteiger partial charge in [-0.2, -0.15) is 5.10 Å². The molecule has 0 saturated carbocycles. The third-order valence-electron chi connectivity index (χ3n) is 4.00. The van der Waals surface area contributed by atoms with Crippen LogP contribution >= 0.6 is 15.9 Å². The molecule has 0 bridgehead atoms. The lowest BCUT2D eigenvalue weighted by Gasteiger charge is -2.35. The summed E-state index contributed by atoms with van der Waals surface area (Å²) in [6, 6.07) is 8.25. The Labute approximate surface area is 137 Å². The third kappa shape index (κ3) is 2.80. The number of rotatable bonds is 2. The molecule has 116 valence electrons. The minimum atomic E-state index is -0.128. The van der Waals surface area contributed by atoms with E-state index in [1.165, 1.54) is 15.8 Å². The Hall–Kier alpha value is -1.66. The van der Waals surface area contributed by atoms with Crippen molar-refractivity contribution in [3.05, 3.63) is 56.4 Å². The van der Waals surface area contributed by atoms with Crippen molar-refractivity contribution in [1.82, 2.24) is 9.78 Å². The summed E-state index contributed by atoms with van der Waals surface area (Å²) in [5, 5.41) is 4.12. The Kier molecular flexibility index (Phi) is 4.31. The van der Waals surface area contributed by atoms with Crippen LogP contribution in [0.5, 0.6) is 0 Å². The van der Waals surface area contributed by atoms with E-state index in [4.69, 9.17) is 4.74 Å². The molecule has 1 aromatic heterocycles. The predicted molar refractivity (Wildman–Crippen MR) is 89.3 cm³/mol. The topological polar surface area (TPSA) is 47.4 Å². The molecule has 1 atom stereocenters. The lowest BCUT2D eigenvalue weighted by atomic mass is 10.0. The maximum Gasteiger partial charge on any atom is 0.282 e. The highest BCUT2D eigenvalue weighted by Gasteiger charge is 2.25. The van der Waals surface area contributed by atoms with Crippen LogP contribution in [0.15, 0.2) is 39.7 Å². The van der Waals surface area contributed by atoms with Crippen LogP contribution in [0.4, 0.5) is 5.69 Å². The van der Waals surface area contributed by atoms with E-state index < -0.39 is 0 Å². The van der Waals surface area contributed by atoms with Crippen molar-refractivity contribution < 1.29 is 4.74 Å². The van der Waals surface area contributed by atoms with Crippen molar-refractivity contribution in [2.75, 3.05) is 24.6 Å². The first kappa shape index (κ1) is 15.2. The summed E-state index contributed by atoms with van der Waals surface area (Å²) >= 11 is 3.40. The van der Waals surface area contributed by atoms with Gasteiger partial charge < -0.3 is 9.64 Å². The highest BCUT2D eigenvalue weighted by Crippen LogP contribution is 2.30. The van der Waals surface area contributed by atoms with Crippen molar-refractivity contribution in [3.63, 3.8) is 0 Å². The summed E-state index contributed by atoms with van der Waals surface area (Å²) in [5.74, 6) is 0. The predicted octanol–water partition coefficient (Wildman–Crippen LogP) is 2.43. The molecule has 2 aromatic rings. The zero-order valence-electron chi connectivity index (χ0n) is 12.6. The third-order valence-corrected chi connectivity index (χ3v) is 4.75. The molecule has 1 aliphatic heterocycles. The van der Waals surface area contributed by atoms with E-state index in [9.17, 15) is 4.79 Å². The first-order chi connectivity index (χ1) is 10.6. The van der Waals surface area contributed by atoms with Gasteiger partial charge in [0.15, 0.2) is 0 Å². The lowest BCUT2D eigenvalue weighted by molar-refractivity contribution is 0.0393. The fourth-order valence-corrected chi connectivity index (χ4v) is 3.34. The Morgan fingerprint density at radius 2 is 2.14 bits per heavy atom. The van der Waals surface area contributed by atoms with Gasteiger partial charge in [0.05, 0.1) is 18.5 Å². The van der Waals surface area contributed by atoms with E-state index in [1.807, 2.05) is 12.1 Å². The number of nitrogens with zero attached hydrogens (tertiary/aromatic N) is 3. The monoisotopic (exact) mass is 363 g/mol. The molecular weight excluding hydrogens is 346 g/mol. The average Bonchev–Trinajstić information content (AvgIpc) is 2.53. The summed E-state index contributed by atoms with van der Waals surface area (Å²) in [5.41, 5.74) is 3.11. The second-order valence-corrected chi connectivity index (χ2v) is 6.23. The van der Waals surface area contributed by atoms with E-state index in [1.54, 1.807) is 13.2 Å². The summed E-state index contributed by atoms with van der Waals surface area (Å²) in [6.45, 7) is 4.17. The van der Waals surface area contributed by atoms with Crippen LogP contribution in [0.2, 0.25) is 0 Å². The van der Waals surface area contributed by atoms with Gasteiger partial charge in [-0.1, -0.05) is 24.3 Å². The minimum Gasteiger partial charge on any atom is -0.370 e. The Balaban J connectivity index is 1.90. The maximum atomic E-state index is 12.0. The molecule has 1 saturated heterocycles. The van der Waals surface area contributed by atoms with E-state index in [0.29, 0.717) is 17.6 Å². The number of benzene rings is 1. The average molecular weight is 364 g/mol. The number of aryl methyl sites for hydroxylation is 2. The normalized spacial score (nSPS) is 18.5. The zero-order valence-corrected chi connectivity index (χ0v) is 14.2. The van der Waals surface area contributed by atoms with Crippen LogP contribution in [0.25, 0.3) is 0 Å². The number of ether oxygens (including phenoxy) is 1. The fraction of sp³-hybridized carbons (Fsp3) is 0.375. The van der Waals surface area contributed by atoms with Crippen molar-refractivity contribution in [3.8, 4) is 0 Å². The largest absolute Gasteiger partial charge is 0.370 e. The highest BCUT2D eigenvalue weighted by atomic mass is 79.9. The second-order valence-electron chi connectivity index (χ2n) is 5.43. The molecule has 3 rings (SSSR count). The van der Waals surface area contributed by atoms with Gasteiger partial charge in [-0.3, -0.25) is 4.79 Å². The molecule has 2 heterocycles. The molecule has 0 radical (unpaired) electrons. The first-order valence-corrected chi connectivity index (χ1v) is 8.01. The van der Waals surface area contributed by atoms with Crippen LogP contribution < -0.4 is 10.5 Å². The zero-order chi connectivity index (χ0) is 15.7. The number of hydrogen-bond donors (Lipinski definition) is 0. The van der Waals surface area contributed by atoms with Gasteiger partial charge in [-0.05, 0) is 34.0 Å². The van der Waals surface area contributed by atoms with Crippen LogP contribution in [0, 0.1) is 6.92 Å². The number of aromatic nitrogens is 2. The van der Waals surface area contributed by atoms with Crippen LogP contribution in [-0.4, -0.2) is 29.5 Å².